The maximum Gasteiger partial charge on any atom is 0.0659 e. The van der Waals surface area contributed by atoms with Gasteiger partial charge in [0.05, 0.1) is 12.7 Å². The summed E-state index contributed by atoms with van der Waals surface area (Å²) in [5.74, 6) is 0. The normalized spacial score (nSPS) is 21.0. The van der Waals surface area contributed by atoms with E-state index in [1.165, 1.54) is 56.6 Å². The lowest BCUT2D eigenvalue weighted by atomic mass is 9.78. The summed E-state index contributed by atoms with van der Waals surface area (Å²) in [6, 6.07) is 10.5. The number of likely N-dealkylation sites (tertiary alicyclic amines) is 1. The second-order valence-corrected chi connectivity index (χ2v) is 7.24. The van der Waals surface area contributed by atoms with Gasteiger partial charge >= 0.3 is 0 Å². The van der Waals surface area contributed by atoms with Gasteiger partial charge in [-0.25, -0.2) is 0 Å². The largest absolute Gasteiger partial charge is 0.317 e. The quantitative estimate of drug-likeness (QED) is 0.942. The Hall–Kier alpha value is -1.65. The summed E-state index contributed by atoms with van der Waals surface area (Å²) in [5, 5.41) is 8.03. The number of benzene rings is 1. The maximum absolute atomic E-state index is 4.54. The fourth-order valence-corrected chi connectivity index (χ4v) is 4.13. The molecule has 0 bridgehead atoms. The molecule has 2 aliphatic rings. The van der Waals surface area contributed by atoms with Crippen LogP contribution < -0.4 is 5.32 Å². The van der Waals surface area contributed by atoms with Crippen molar-refractivity contribution in [2.24, 2.45) is 5.41 Å². The van der Waals surface area contributed by atoms with Crippen LogP contribution >= 0.6 is 0 Å². The van der Waals surface area contributed by atoms with Crippen molar-refractivity contribution in [1.82, 2.24) is 20.0 Å². The van der Waals surface area contributed by atoms with Gasteiger partial charge in [-0.1, -0.05) is 30.3 Å². The fraction of sp³-hybridized carbons (Fsp3) is 0.526. The highest BCUT2D eigenvalue weighted by molar-refractivity contribution is 5.15. The fourth-order valence-electron chi connectivity index (χ4n) is 4.13. The molecular formula is C19H26N4. The van der Waals surface area contributed by atoms with E-state index in [0.717, 1.165) is 13.1 Å². The lowest BCUT2D eigenvalue weighted by molar-refractivity contribution is 0.194. The number of aromatic nitrogens is 2. The van der Waals surface area contributed by atoms with Gasteiger partial charge in [0.15, 0.2) is 0 Å². The number of rotatable bonds is 4. The van der Waals surface area contributed by atoms with E-state index in [9.17, 15) is 0 Å². The number of hydrogen-bond donors (Lipinski definition) is 1. The lowest BCUT2D eigenvalue weighted by Crippen LogP contribution is -2.38. The summed E-state index contributed by atoms with van der Waals surface area (Å²) >= 11 is 0. The Kier molecular flexibility index (Phi) is 4.19. The van der Waals surface area contributed by atoms with Crippen LogP contribution in [0.1, 0.15) is 30.4 Å². The topological polar surface area (TPSA) is 33.1 Å². The Morgan fingerprint density at radius 2 is 1.83 bits per heavy atom. The molecule has 23 heavy (non-hydrogen) atoms. The van der Waals surface area contributed by atoms with Gasteiger partial charge in [-0.2, -0.15) is 5.10 Å². The Bertz CT molecular complexity index is 628. The van der Waals surface area contributed by atoms with Crippen molar-refractivity contribution >= 4 is 0 Å². The molecule has 1 N–H and O–H groups in total. The maximum atomic E-state index is 4.54. The predicted octanol–water partition coefficient (Wildman–Crippen LogP) is 2.51. The van der Waals surface area contributed by atoms with Gasteiger partial charge in [0.25, 0.3) is 0 Å². The van der Waals surface area contributed by atoms with Crippen LogP contribution in [-0.4, -0.2) is 40.9 Å². The molecule has 1 aromatic carbocycles. The van der Waals surface area contributed by atoms with Gasteiger partial charge in [0.1, 0.15) is 0 Å². The Morgan fingerprint density at radius 3 is 2.65 bits per heavy atom. The zero-order chi connectivity index (χ0) is 15.5. The van der Waals surface area contributed by atoms with Crippen LogP contribution in [-0.2, 0) is 13.1 Å². The molecule has 122 valence electrons. The first kappa shape index (κ1) is 14.9. The van der Waals surface area contributed by atoms with Gasteiger partial charge in [-0.15, -0.1) is 0 Å². The summed E-state index contributed by atoms with van der Waals surface area (Å²) in [5.41, 5.74) is 3.23. The zero-order valence-corrected chi connectivity index (χ0v) is 13.7. The average molecular weight is 310 g/mol. The van der Waals surface area contributed by atoms with Gasteiger partial charge < -0.3 is 5.32 Å². The summed E-state index contributed by atoms with van der Waals surface area (Å²) in [6.45, 7) is 6.80. The van der Waals surface area contributed by atoms with Gasteiger partial charge in [0, 0.05) is 24.8 Å². The molecule has 0 radical (unpaired) electrons. The van der Waals surface area contributed by atoms with E-state index in [0.29, 0.717) is 5.41 Å². The van der Waals surface area contributed by atoms with Crippen LogP contribution in [0.25, 0.3) is 0 Å². The monoisotopic (exact) mass is 310 g/mol. The van der Waals surface area contributed by atoms with Crippen molar-refractivity contribution in [2.45, 2.75) is 32.4 Å². The highest BCUT2D eigenvalue weighted by Gasteiger charge is 2.38. The molecule has 2 aromatic rings. The molecule has 0 saturated carbocycles. The second-order valence-electron chi connectivity index (χ2n) is 7.24. The van der Waals surface area contributed by atoms with E-state index in [-0.39, 0.29) is 0 Å². The van der Waals surface area contributed by atoms with Crippen molar-refractivity contribution in [3.8, 4) is 0 Å². The SMILES string of the molecule is c1ccc(Cn2cc(CN3CCC4(CCNCC4)C3)cn2)cc1. The molecule has 2 fully saturated rings. The number of piperidine rings is 1. The summed E-state index contributed by atoms with van der Waals surface area (Å²) in [6.07, 6.45) is 8.30. The first-order valence-electron chi connectivity index (χ1n) is 8.80. The van der Waals surface area contributed by atoms with Crippen molar-refractivity contribution in [2.75, 3.05) is 26.2 Å². The summed E-state index contributed by atoms with van der Waals surface area (Å²) < 4.78 is 2.06. The van der Waals surface area contributed by atoms with Crippen LogP contribution in [0.5, 0.6) is 0 Å². The van der Waals surface area contributed by atoms with Crippen LogP contribution in [0, 0.1) is 5.41 Å². The van der Waals surface area contributed by atoms with E-state index in [1.807, 2.05) is 6.20 Å². The predicted molar refractivity (Wildman–Crippen MR) is 92.2 cm³/mol. The molecule has 0 atom stereocenters. The van der Waals surface area contributed by atoms with E-state index < -0.39 is 0 Å². The summed E-state index contributed by atoms with van der Waals surface area (Å²) in [4.78, 5) is 2.62. The minimum absolute atomic E-state index is 0.589. The molecule has 1 aromatic heterocycles. The van der Waals surface area contributed by atoms with Gasteiger partial charge in [-0.3, -0.25) is 9.58 Å². The second kappa shape index (κ2) is 6.46. The first-order chi connectivity index (χ1) is 11.3. The van der Waals surface area contributed by atoms with E-state index in [4.69, 9.17) is 0 Å². The zero-order valence-electron chi connectivity index (χ0n) is 13.7. The third kappa shape index (κ3) is 3.48. The standard InChI is InChI=1S/C19H26N4/c1-2-4-17(5-3-1)14-23-15-18(12-21-23)13-22-11-8-19(16-22)6-9-20-10-7-19/h1-5,12,15,20H,6-11,13-14,16H2. The molecule has 2 saturated heterocycles. The summed E-state index contributed by atoms with van der Waals surface area (Å²) in [7, 11) is 0. The minimum atomic E-state index is 0.589. The van der Waals surface area contributed by atoms with E-state index >= 15 is 0 Å². The van der Waals surface area contributed by atoms with Gasteiger partial charge in [-0.05, 0) is 49.9 Å². The van der Waals surface area contributed by atoms with Crippen LogP contribution in [0.15, 0.2) is 42.7 Å². The number of nitrogens with zero attached hydrogens (tertiary/aromatic N) is 3. The third-order valence-corrected chi connectivity index (χ3v) is 5.46. The molecule has 4 rings (SSSR count). The Labute approximate surface area is 138 Å². The highest BCUT2D eigenvalue weighted by Crippen LogP contribution is 2.38. The molecular weight excluding hydrogens is 284 g/mol. The highest BCUT2D eigenvalue weighted by atomic mass is 15.3. The molecule has 0 unspecified atom stereocenters. The van der Waals surface area contributed by atoms with Crippen LogP contribution in [0.4, 0.5) is 0 Å². The molecule has 2 aliphatic heterocycles. The van der Waals surface area contributed by atoms with Crippen LogP contribution in [0.2, 0.25) is 0 Å². The lowest BCUT2D eigenvalue weighted by Gasteiger charge is -2.33. The Balaban J connectivity index is 1.35. The molecule has 4 heteroatoms. The van der Waals surface area contributed by atoms with Crippen molar-refractivity contribution in [3.05, 3.63) is 53.9 Å². The first-order valence-corrected chi connectivity index (χ1v) is 8.80. The average Bonchev–Trinajstić information content (AvgIpc) is 3.17. The molecule has 4 nitrogen and oxygen atoms in total. The van der Waals surface area contributed by atoms with Crippen molar-refractivity contribution < 1.29 is 0 Å². The Morgan fingerprint density at radius 1 is 1.00 bits per heavy atom. The van der Waals surface area contributed by atoms with E-state index in [2.05, 4.69) is 56.5 Å². The third-order valence-electron chi connectivity index (χ3n) is 5.46. The van der Waals surface area contributed by atoms with E-state index in [1.54, 1.807) is 0 Å². The van der Waals surface area contributed by atoms with Crippen molar-refractivity contribution in [3.63, 3.8) is 0 Å². The minimum Gasteiger partial charge on any atom is -0.317 e. The molecule has 0 amide bonds. The number of nitrogens with one attached hydrogen (secondary N) is 1. The molecule has 3 heterocycles. The van der Waals surface area contributed by atoms with Crippen LogP contribution in [0.3, 0.4) is 0 Å². The van der Waals surface area contributed by atoms with Gasteiger partial charge in [0.2, 0.25) is 0 Å². The molecule has 1 spiro atoms. The molecule has 0 aliphatic carbocycles. The number of hydrogen-bond acceptors (Lipinski definition) is 3. The smallest absolute Gasteiger partial charge is 0.0659 e. The van der Waals surface area contributed by atoms with Crippen molar-refractivity contribution in [1.29, 1.82) is 0 Å².